The number of rotatable bonds is 13. The zero-order valence-corrected chi connectivity index (χ0v) is 16.5. The van der Waals surface area contributed by atoms with E-state index in [0.29, 0.717) is 5.95 Å². The van der Waals surface area contributed by atoms with Crippen molar-refractivity contribution in [3.05, 3.63) is 5.28 Å². The van der Waals surface area contributed by atoms with Crippen molar-refractivity contribution in [3.63, 3.8) is 0 Å². The van der Waals surface area contributed by atoms with E-state index in [9.17, 15) is 0 Å². The number of nitrogens with zero attached hydrogens (tertiary/aromatic N) is 4. The Balaban J connectivity index is 2.52. The van der Waals surface area contributed by atoms with E-state index in [1.807, 2.05) is 3.71 Å². The van der Waals surface area contributed by atoms with Gasteiger partial charge in [0.2, 0.25) is 11.2 Å². The number of hydrogen-bond donors (Lipinski definition) is 1. The second-order valence-electron chi connectivity index (χ2n) is 5.31. The molecule has 0 aliphatic carbocycles. The molecule has 5 nitrogen and oxygen atoms in total. The number of anilines is 2. The van der Waals surface area contributed by atoms with Crippen molar-refractivity contribution < 1.29 is 0 Å². The van der Waals surface area contributed by atoms with E-state index < -0.39 is 0 Å². The summed E-state index contributed by atoms with van der Waals surface area (Å²) in [5.74, 6) is 2.81. The zero-order valence-electron chi connectivity index (χ0n) is 14.1. The highest BCUT2D eigenvalue weighted by Crippen LogP contribution is 2.30. The summed E-state index contributed by atoms with van der Waals surface area (Å²) in [5, 5.41) is 0.149. The summed E-state index contributed by atoms with van der Waals surface area (Å²) in [6, 6.07) is 0. The van der Waals surface area contributed by atoms with Crippen molar-refractivity contribution in [3.8, 4) is 0 Å². The van der Waals surface area contributed by atoms with Gasteiger partial charge in [0.25, 0.3) is 5.95 Å². The van der Waals surface area contributed by atoms with Crippen molar-refractivity contribution in [2.45, 2.75) is 65.2 Å². The van der Waals surface area contributed by atoms with Gasteiger partial charge in [0.1, 0.15) is 0 Å². The van der Waals surface area contributed by atoms with Gasteiger partial charge in [-0.1, -0.05) is 52.4 Å². The third kappa shape index (κ3) is 9.47. The molecule has 23 heavy (non-hydrogen) atoms. The molecule has 0 aliphatic rings. The maximum absolute atomic E-state index is 5.91. The summed E-state index contributed by atoms with van der Waals surface area (Å²) >= 11 is 9.38. The smallest absolute Gasteiger partial charge is 0.252 e. The number of nitrogens with two attached hydrogens (primary N) is 1. The van der Waals surface area contributed by atoms with Crippen LogP contribution in [0.4, 0.5) is 11.9 Å². The highest BCUT2D eigenvalue weighted by molar-refractivity contribution is 8.18. The van der Waals surface area contributed by atoms with Crippen LogP contribution in [0.2, 0.25) is 5.28 Å². The SMILES string of the molecule is CCCCCCSN(SCCCCCC)c1nc(N)nc(Cl)n1. The van der Waals surface area contributed by atoms with Crippen LogP contribution in [0, 0.1) is 0 Å². The van der Waals surface area contributed by atoms with Gasteiger partial charge in [0.15, 0.2) is 0 Å². The van der Waals surface area contributed by atoms with Crippen LogP contribution in [0.25, 0.3) is 0 Å². The standard InChI is InChI=1S/C15H28ClN5S2/c1-3-5-7-9-11-22-21(23-12-10-8-6-4-2)15-19-13(16)18-14(17)20-15/h3-12H2,1-2H3,(H2,17,18,19,20). The molecule has 0 unspecified atom stereocenters. The number of halogens is 1. The summed E-state index contributed by atoms with van der Waals surface area (Å²) < 4.78 is 2.04. The van der Waals surface area contributed by atoms with E-state index in [2.05, 4.69) is 28.8 Å². The van der Waals surface area contributed by atoms with Gasteiger partial charge in [-0.25, -0.2) is 3.71 Å². The molecular weight excluding hydrogens is 350 g/mol. The first-order valence-electron chi connectivity index (χ1n) is 8.40. The largest absolute Gasteiger partial charge is 0.368 e. The van der Waals surface area contributed by atoms with Gasteiger partial charge in [-0.3, -0.25) is 0 Å². The van der Waals surface area contributed by atoms with Crippen LogP contribution in [0.15, 0.2) is 0 Å². The molecule has 0 saturated heterocycles. The lowest BCUT2D eigenvalue weighted by Crippen LogP contribution is -2.12. The van der Waals surface area contributed by atoms with Gasteiger partial charge in [0.05, 0.1) is 0 Å². The van der Waals surface area contributed by atoms with Crippen LogP contribution in [-0.4, -0.2) is 26.5 Å². The summed E-state index contributed by atoms with van der Waals surface area (Å²) in [6.07, 6.45) is 9.99. The lowest BCUT2D eigenvalue weighted by molar-refractivity contribution is 0.706. The highest BCUT2D eigenvalue weighted by Gasteiger charge is 2.14. The topological polar surface area (TPSA) is 67.9 Å². The average Bonchev–Trinajstić information content (AvgIpc) is 2.51. The van der Waals surface area contributed by atoms with Gasteiger partial charge in [-0.15, -0.1) is 0 Å². The minimum absolute atomic E-state index is 0.149. The van der Waals surface area contributed by atoms with E-state index in [4.69, 9.17) is 17.3 Å². The maximum Gasteiger partial charge on any atom is 0.252 e. The first kappa shape index (κ1) is 20.6. The summed E-state index contributed by atoms with van der Waals surface area (Å²) in [5.41, 5.74) is 5.69. The van der Waals surface area contributed by atoms with Crippen LogP contribution < -0.4 is 9.44 Å². The number of nitrogen functional groups attached to an aromatic ring is 1. The van der Waals surface area contributed by atoms with Crippen LogP contribution in [0.5, 0.6) is 0 Å². The first-order chi connectivity index (χ1) is 11.2. The van der Waals surface area contributed by atoms with E-state index >= 15 is 0 Å². The molecule has 0 bridgehead atoms. The minimum atomic E-state index is 0.149. The molecular formula is C15H28ClN5S2. The Hall–Kier alpha value is -0.400. The summed E-state index contributed by atoms with van der Waals surface area (Å²) in [4.78, 5) is 12.3. The number of hydrogen-bond acceptors (Lipinski definition) is 7. The van der Waals surface area contributed by atoms with Crippen molar-refractivity contribution in [1.29, 1.82) is 0 Å². The molecule has 132 valence electrons. The van der Waals surface area contributed by atoms with E-state index in [1.165, 1.54) is 51.4 Å². The Kier molecular flexibility index (Phi) is 11.6. The second kappa shape index (κ2) is 13.0. The molecule has 0 amide bonds. The average molecular weight is 378 g/mol. The number of aromatic nitrogens is 3. The van der Waals surface area contributed by atoms with Crippen molar-refractivity contribution in [1.82, 2.24) is 15.0 Å². The quantitative estimate of drug-likeness (QED) is 0.366. The molecule has 1 aromatic rings. The maximum atomic E-state index is 5.91. The Morgan fingerprint density at radius 1 is 0.870 bits per heavy atom. The van der Waals surface area contributed by atoms with Crippen molar-refractivity contribution >= 4 is 47.4 Å². The lowest BCUT2D eigenvalue weighted by Gasteiger charge is -2.19. The number of unbranched alkanes of at least 4 members (excludes halogenated alkanes) is 6. The van der Waals surface area contributed by atoms with Crippen LogP contribution in [0.3, 0.4) is 0 Å². The molecule has 0 radical (unpaired) electrons. The molecule has 0 fully saturated rings. The monoisotopic (exact) mass is 377 g/mol. The minimum Gasteiger partial charge on any atom is -0.368 e. The molecule has 1 heterocycles. The van der Waals surface area contributed by atoms with Crippen LogP contribution in [0.1, 0.15) is 65.2 Å². The Bertz CT molecular complexity index is 402. The zero-order chi connectivity index (χ0) is 16.9. The summed E-state index contributed by atoms with van der Waals surface area (Å²) in [7, 11) is 0. The third-order valence-electron chi connectivity index (χ3n) is 3.19. The van der Waals surface area contributed by atoms with Gasteiger partial charge in [-0.05, 0) is 48.3 Å². The fourth-order valence-corrected chi connectivity index (χ4v) is 4.24. The molecule has 8 heteroatoms. The molecule has 0 saturated carbocycles. The van der Waals surface area contributed by atoms with E-state index in [1.54, 1.807) is 23.9 Å². The van der Waals surface area contributed by atoms with E-state index in [-0.39, 0.29) is 11.2 Å². The van der Waals surface area contributed by atoms with Crippen LogP contribution in [-0.2, 0) is 0 Å². The van der Waals surface area contributed by atoms with Gasteiger partial charge >= 0.3 is 0 Å². The predicted octanol–water partition coefficient (Wildman–Crippen LogP) is 5.37. The molecule has 0 atom stereocenters. The second-order valence-corrected chi connectivity index (χ2v) is 7.94. The molecule has 1 aromatic heterocycles. The third-order valence-corrected chi connectivity index (χ3v) is 5.73. The predicted molar refractivity (Wildman–Crippen MR) is 105 cm³/mol. The Morgan fingerprint density at radius 2 is 1.43 bits per heavy atom. The highest BCUT2D eigenvalue weighted by atomic mass is 35.5. The van der Waals surface area contributed by atoms with Gasteiger partial charge in [-0.2, -0.15) is 15.0 Å². The lowest BCUT2D eigenvalue weighted by atomic mass is 10.2. The van der Waals surface area contributed by atoms with Gasteiger partial charge in [0, 0.05) is 11.5 Å². The normalized spacial score (nSPS) is 10.9. The van der Waals surface area contributed by atoms with E-state index in [0.717, 1.165) is 11.5 Å². The van der Waals surface area contributed by atoms with Crippen molar-refractivity contribution in [2.75, 3.05) is 20.9 Å². The Morgan fingerprint density at radius 3 is 1.91 bits per heavy atom. The van der Waals surface area contributed by atoms with Crippen LogP contribution >= 0.6 is 35.5 Å². The fraction of sp³-hybridized carbons (Fsp3) is 0.800. The molecule has 0 aromatic carbocycles. The molecule has 1 rings (SSSR count). The van der Waals surface area contributed by atoms with Gasteiger partial charge < -0.3 is 5.73 Å². The first-order valence-corrected chi connectivity index (χ1v) is 10.7. The molecule has 0 aliphatic heterocycles. The summed E-state index contributed by atoms with van der Waals surface area (Å²) in [6.45, 7) is 4.45. The molecule has 2 N–H and O–H groups in total. The van der Waals surface area contributed by atoms with Crippen molar-refractivity contribution in [2.24, 2.45) is 0 Å². The molecule has 0 spiro atoms. The Labute approximate surface area is 153 Å². The fourth-order valence-electron chi connectivity index (χ4n) is 1.94.